The van der Waals surface area contributed by atoms with Crippen molar-refractivity contribution >= 4 is 17.4 Å². The van der Waals surface area contributed by atoms with Gasteiger partial charge in [0.05, 0.1) is 23.9 Å². The highest BCUT2D eigenvalue weighted by molar-refractivity contribution is 5.91. The molecule has 0 atom stereocenters. The van der Waals surface area contributed by atoms with Crippen LogP contribution in [0, 0.1) is 11.3 Å². The molecule has 7 heteroatoms. The molecule has 3 aromatic rings. The molecule has 0 unspecified atom stereocenters. The Bertz CT molecular complexity index is 1020. The smallest absolute Gasteiger partial charge is 0.224 e. The van der Waals surface area contributed by atoms with Gasteiger partial charge in [0.15, 0.2) is 0 Å². The number of carbonyl (C=O) groups is 1. The number of nitriles is 1. The van der Waals surface area contributed by atoms with Gasteiger partial charge in [-0.2, -0.15) is 5.26 Å². The van der Waals surface area contributed by atoms with E-state index < -0.39 is 0 Å². The van der Waals surface area contributed by atoms with E-state index in [2.05, 4.69) is 21.4 Å². The van der Waals surface area contributed by atoms with Crippen LogP contribution < -0.4 is 11.1 Å². The molecule has 3 rings (SSSR count). The van der Waals surface area contributed by atoms with Crippen molar-refractivity contribution in [2.75, 3.05) is 11.1 Å². The highest BCUT2D eigenvalue weighted by atomic mass is 16.1. The van der Waals surface area contributed by atoms with E-state index >= 15 is 0 Å². The van der Waals surface area contributed by atoms with E-state index in [0.29, 0.717) is 28.9 Å². The average Bonchev–Trinajstić information content (AvgIpc) is 3.07. The zero-order valence-corrected chi connectivity index (χ0v) is 14.5. The monoisotopic (exact) mass is 346 g/mol. The summed E-state index contributed by atoms with van der Waals surface area (Å²) < 4.78 is 1.82. The molecular formula is C19H18N6O. The molecule has 0 saturated heterocycles. The Morgan fingerprint density at radius 1 is 1.38 bits per heavy atom. The van der Waals surface area contributed by atoms with Gasteiger partial charge in [0.25, 0.3) is 0 Å². The zero-order valence-electron chi connectivity index (χ0n) is 14.5. The average molecular weight is 346 g/mol. The number of nitrogens with one attached hydrogen (secondary N) is 1. The van der Waals surface area contributed by atoms with Crippen LogP contribution in [0.1, 0.15) is 18.9 Å². The van der Waals surface area contributed by atoms with Crippen molar-refractivity contribution in [1.82, 2.24) is 14.5 Å². The first-order valence-corrected chi connectivity index (χ1v) is 8.11. The number of nitrogen functional groups attached to an aromatic ring is 1. The van der Waals surface area contributed by atoms with Gasteiger partial charge in [0.1, 0.15) is 17.5 Å². The van der Waals surface area contributed by atoms with Crippen LogP contribution in [0.4, 0.5) is 11.5 Å². The van der Waals surface area contributed by atoms with Crippen LogP contribution in [0.25, 0.3) is 22.5 Å². The predicted octanol–water partition coefficient (Wildman–Crippen LogP) is 2.95. The summed E-state index contributed by atoms with van der Waals surface area (Å²) in [5, 5.41) is 12.3. The number of pyridine rings is 1. The van der Waals surface area contributed by atoms with Crippen LogP contribution in [0.3, 0.4) is 0 Å². The Labute approximate surface area is 151 Å². The normalized spacial score (nSPS) is 10.3. The van der Waals surface area contributed by atoms with E-state index in [9.17, 15) is 10.1 Å². The van der Waals surface area contributed by atoms with Gasteiger partial charge in [0.2, 0.25) is 5.91 Å². The summed E-state index contributed by atoms with van der Waals surface area (Å²) in [7, 11) is 1.85. The fourth-order valence-electron chi connectivity index (χ4n) is 2.65. The van der Waals surface area contributed by atoms with Gasteiger partial charge in [-0.25, -0.2) is 9.97 Å². The number of hydrogen-bond donors (Lipinski definition) is 2. The van der Waals surface area contributed by atoms with Gasteiger partial charge >= 0.3 is 0 Å². The summed E-state index contributed by atoms with van der Waals surface area (Å²) >= 11 is 0. The topological polar surface area (TPSA) is 110 Å². The molecule has 0 radical (unpaired) electrons. The fraction of sp³-hybridized carbons (Fsp3) is 0.158. The first-order chi connectivity index (χ1) is 12.5. The molecule has 1 aromatic carbocycles. The lowest BCUT2D eigenvalue weighted by Gasteiger charge is -2.11. The summed E-state index contributed by atoms with van der Waals surface area (Å²) in [6.07, 6.45) is 3.74. The summed E-state index contributed by atoms with van der Waals surface area (Å²) in [4.78, 5) is 20.1. The van der Waals surface area contributed by atoms with Gasteiger partial charge in [-0.3, -0.25) is 4.79 Å². The Hall–Kier alpha value is -3.66. The van der Waals surface area contributed by atoms with Gasteiger partial charge in [0, 0.05) is 30.3 Å². The van der Waals surface area contributed by atoms with Crippen molar-refractivity contribution < 1.29 is 4.79 Å². The van der Waals surface area contributed by atoms with E-state index in [0.717, 1.165) is 11.3 Å². The highest BCUT2D eigenvalue weighted by Crippen LogP contribution is 2.31. The third kappa shape index (κ3) is 3.26. The van der Waals surface area contributed by atoms with E-state index in [4.69, 9.17) is 5.73 Å². The molecule has 0 aliphatic rings. The summed E-state index contributed by atoms with van der Waals surface area (Å²) in [6, 6.07) is 11.3. The van der Waals surface area contributed by atoms with Gasteiger partial charge < -0.3 is 15.6 Å². The van der Waals surface area contributed by atoms with Crippen LogP contribution in [0.2, 0.25) is 0 Å². The van der Waals surface area contributed by atoms with E-state index in [1.54, 1.807) is 19.4 Å². The maximum absolute atomic E-state index is 11.6. The van der Waals surface area contributed by atoms with Crippen LogP contribution >= 0.6 is 0 Å². The fourth-order valence-corrected chi connectivity index (χ4v) is 2.65. The molecule has 0 bridgehead atoms. The maximum atomic E-state index is 11.6. The second-order valence-electron chi connectivity index (χ2n) is 5.80. The molecule has 7 nitrogen and oxygen atoms in total. The first kappa shape index (κ1) is 17.2. The van der Waals surface area contributed by atoms with Crippen LogP contribution in [0.5, 0.6) is 0 Å². The second-order valence-corrected chi connectivity index (χ2v) is 5.80. The number of aromatic nitrogens is 3. The number of nitrogens with zero attached hydrogens (tertiary/aromatic N) is 4. The van der Waals surface area contributed by atoms with Gasteiger partial charge in [-0.05, 0) is 18.2 Å². The Morgan fingerprint density at radius 3 is 2.85 bits per heavy atom. The quantitative estimate of drug-likeness (QED) is 0.755. The minimum Gasteiger partial charge on any atom is -0.383 e. The van der Waals surface area contributed by atoms with Gasteiger partial charge in [-0.15, -0.1) is 0 Å². The molecular weight excluding hydrogens is 328 g/mol. The first-order valence-electron chi connectivity index (χ1n) is 8.11. The number of anilines is 2. The molecule has 0 saturated carbocycles. The standard InChI is InChI=1S/C19H18N6O/c1-3-18(26)23-13-6-4-5-12(7-13)16-8-14(15(9-20)19(21)24-16)17-10-22-11-25(17)2/h4-8,10-11H,3H2,1-2H3,(H2,21,24)(H,23,26). The molecule has 130 valence electrons. The molecule has 2 aromatic heterocycles. The molecule has 0 aliphatic heterocycles. The van der Waals surface area contributed by atoms with Crippen molar-refractivity contribution in [3.05, 3.63) is 48.4 Å². The van der Waals surface area contributed by atoms with Crippen molar-refractivity contribution in [2.45, 2.75) is 13.3 Å². The molecule has 0 fully saturated rings. The zero-order chi connectivity index (χ0) is 18.7. The lowest BCUT2D eigenvalue weighted by molar-refractivity contribution is -0.115. The Balaban J connectivity index is 2.11. The number of imidazole rings is 1. The SMILES string of the molecule is CCC(=O)Nc1cccc(-c2cc(-c3cncn3C)c(C#N)c(N)n2)c1. The Morgan fingerprint density at radius 2 is 2.19 bits per heavy atom. The molecule has 0 spiro atoms. The highest BCUT2D eigenvalue weighted by Gasteiger charge is 2.16. The van der Waals surface area contributed by atoms with Crippen molar-refractivity contribution in [3.63, 3.8) is 0 Å². The molecule has 2 heterocycles. The van der Waals surface area contributed by atoms with Crippen molar-refractivity contribution in [2.24, 2.45) is 7.05 Å². The summed E-state index contributed by atoms with van der Waals surface area (Å²) in [6.45, 7) is 1.79. The maximum Gasteiger partial charge on any atom is 0.224 e. The second kappa shape index (κ2) is 7.07. The lowest BCUT2D eigenvalue weighted by atomic mass is 10.0. The van der Waals surface area contributed by atoms with E-state index in [-0.39, 0.29) is 11.7 Å². The third-order valence-corrected chi connectivity index (χ3v) is 4.02. The number of benzene rings is 1. The minimum atomic E-state index is -0.0648. The summed E-state index contributed by atoms with van der Waals surface area (Å²) in [5.74, 6) is 0.0919. The number of nitrogens with two attached hydrogens (primary N) is 1. The van der Waals surface area contributed by atoms with Crippen LogP contribution in [-0.2, 0) is 11.8 Å². The van der Waals surface area contributed by atoms with Crippen molar-refractivity contribution in [3.8, 4) is 28.6 Å². The molecule has 26 heavy (non-hydrogen) atoms. The van der Waals surface area contributed by atoms with E-state index in [1.165, 1.54) is 0 Å². The third-order valence-electron chi connectivity index (χ3n) is 4.02. The number of rotatable bonds is 4. The van der Waals surface area contributed by atoms with Crippen molar-refractivity contribution in [1.29, 1.82) is 5.26 Å². The largest absolute Gasteiger partial charge is 0.383 e. The van der Waals surface area contributed by atoms with Crippen LogP contribution in [-0.4, -0.2) is 20.4 Å². The van der Waals surface area contributed by atoms with Gasteiger partial charge in [-0.1, -0.05) is 19.1 Å². The molecule has 0 aliphatic carbocycles. The lowest BCUT2D eigenvalue weighted by Crippen LogP contribution is -2.09. The number of amides is 1. The number of hydrogen-bond acceptors (Lipinski definition) is 5. The Kier molecular flexibility index (Phi) is 4.67. The predicted molar refractivity (Wildman–Crippen MR) is 99.9 cm³/mol. The number of aryl methyl sites for hydroxylation is 1. The van der Waals surface area contributed by atoms with Crippen LogP contribution in [0.15, 0.2) is 42.9 Å². The number of carbonyl (C=O) groups excluding carboxylic acids is 1. The summed E-state index contributed by atoms with van der Waals surface area (Å²) in [5.41, 5.74) is 9.87. The molecule has 3 N–H and O–H groups in total. The minimum absolute atomic E-state index is 0.0648. The van der Waals surface area contributed by atoms with E-state index in [1.807, 2.05) is 41.9 Å². The molecule has 1 amide bonds.